The third-order valence-corrected chi connectivity index (χ3v) is 7.59. The molecule has 3 aromatic carbocycles. The van der Waals surface area contributed by atoms with Crippen LogP contribution < -0.4 is 14.8 Å². The van der Waals surface area contributed by atoms with E-state index in [1.165, 1.54) is 12.1 Å². The molecule has 2 N–H and O–H groups in total. The highest BCUT2D eigenvalue weighted by Crippen LogP contribution is 2.40. The molecule has 0 bridgehead atoms. The zero-order valence-electron chi connectivity index (χ0n) is 20.9. The Bertz CT molecular complexity index is 1230. The number of phenols is 1. The largest absolute Gasteiger partial charge is 0.508 e. The summed E-state index contributed by atoms with van der Waals surface area (Å²) in [6.45, 7) is 1.61. The summed E-state index contributed by atoms with van der Waals surface area (Å²) in [4.78, 5) is 13.3. The summed E-state index contributed by atoms with van der Waals surface area (Å²) in [6, 6.07) is 17.0. The van der Waals surface area contributed by atoms with Crippen molar-refractivity contribution in [1.29, 1.82) is 0 Å². The van der Waals surface area contributed by atoms with Crippen molar-refractivity contribution in [3.8, 4) is 17.2 Å². The summed E-state index contributed by atoms with van der Waals surface area (Å²) in [6.07, 6.45) is 1.58. The van der Waals surface area contributed by atoms with Crippen molar-refractivity contribution in [2.75, 3.05) is 34.0 Å². The van der Waals surface area contributed by atoms with Crippen molar-refractivity contribution in [1.82, 2.24) is 5.32 Å². The van der Waals surface area contributed by atoms with Gasteiger partial charge in [0.15, 0.2) is 11.5 Å². The molecular formula is C29H31BrFNO5. The first-order valence-corrected chi connectivity index (χ1v) is 13.0. The Balaban J connectivity index is 1.58. The van der Waals surface area contributed by atoms with Crippen LogP contribution in [0.2, 0.25) is 0 Å². The lowest BCUT2D eigenvalue weighted by Gasteiger charge is -2.38. The van der Waals surface area contributed by atoms with Gasteiger partial charge < -0.3 is 24.6 Å². The maximum Gasteiger partial charge on any atom is 0.220 e. The van der Waals surface area contributed by atoms with Crippen LogP contribution in [-0.4, -0.2) is 45.0 Å². The molecule has 1 saturated heterocycles. The molecule has 8 heteroatoms. The van der Waals surface area contributed by atoms with Crippen molar-refractivity contribution in [3.63, 3.8) is 0 Å². The van der Waals surface area contributed by atoms with Gasteiger partial charge in [-0.05, 0) is 66.4 Å². The first kappa shape index (κ1) is 26.9. The van der Waals surface area contributed by atoms with Crippen LogP contribution in [0, 0.1) is 5.82 Å². The smallest absolute Gasteiger partial charge is 0.220 e. The lowest BCUT2D eigenvalue weighted by atomic mass is 9.74. The molecule has 0 saturated carbocycles. The molecule has 1 heterocycles. The molecule has 3 aromatic rings. The van der Waals surface area contributed by atoms with Gasteiger partial charge in [-0.3, -0.25) is 4.79 Å². The van der Waals surface area contributed by atoms with E-state index in [9.17, 15) is 14.3 Å². The van der Waals surface area contributed by atoms with Crippen molar-refractivity contribution in [3.05, 3.63) is 87.6 Å². The van der Waals surface area contributed by atoms with Gasteiger partial charge in [-0.15, -0.1) is 0 Å². The fraction of sp³-hybridized carbons (Fsp3) is 0.345. The highest BCUT2D eigenvalue weighted by Gasteiger charge is 2.36. The number of benzene rings is 3. The van der Waals surface area contributed by atoms with E-state index < -0.39 is 5.92 Å². The Morgan fingerprint density at radius 2 is 1.76 bits per heavy atom. The molecule has 0 radical (unpaired) electrons. The molecule has 6 nitrogen and oxygen atoms in total. The highest BCUT2D eigenvalue weighted by atomic mass is 79.9. The summed E-state index contributed by atoms with van der Waals surface area (Å²) in [5.74, 6) is 0.385. The minimum atomic E-state index is -0.454. The number of nitrogens with one attached hydrogen (secondary N) is 1. The van der Waals surface area contributed by atoms with Crippen molar-refractivity contribution < 1.29 is 28.5 Å². The van der Waals surface area contributed by atoms with Gasteiger partial charge in [0.2, 0.25) is 5.91 Å². The SMILES string of the molecule is COc1ccc(C2(CNC(=O)CC(c3ccc(F)cc3)c3cc(Br)ccc3O)CCOCC2)cc1OC. The van der Waals surface area contributed by atoms with Gasteiger partial charge in [-0.2, -0.15) is 0 Å². The Kier molecular flexibility index (Phi) is 8.71. The third-order valence-electron chi connectivity index (χ3n) is 7.10. The van der Waals surface area contributed by atoms with E-state index >= 15 is 0 Å². The van der Waals surface area contributed by atoms with Crippen LogP contribution in [-0.2, 0) is 14.9 Å². The Labute approximate surface area is 224 Å². The molecule has 4 rings (SSSR count). The molecule has 1 aliphatic rings. The van der Waals surface area contributed by atoms with E-state index in [1.54, 1.807) is 44.6 Å². The number of halogens is 2. The number of methoxy groups -OCH3 is 2. The molecule has 1 fully saturated rings. The minimum Gasteiger partial charge on any atom is -0.508 e. The second-order valence-electron chi connectivity index (χ2n) is 9.25. The fourth-order valence-corrected chi connectivity index (χ4v) is 5.31. The molecule has 1 unspecified atom stereocenters. The summed E-state index contributed by atoms with van der Waals surface area (Å²) >= 11 is 3.45. The lowest BCUT2D eigenvalue weighted by molar-refractivity contribution is -0.121. The zero-order chi connectivity index (χ0) is 26.4. The average Bonchev–Trinajstić information content (AvgIpc) is 2.92. The number of rotatable bonds is 9. The topological polar surface area (TPSA) is 77.0 Å². The molecule has 1 amide bonds. The first-order chi connectivity index (χ1) is 17.8. The van der Waals surface area contributed by atoms with Crippen LogP contribution >= 0.6 is 15.9 Å². The number of carbonyl (C=O) groups excluding carboxylic acids is 1. The van der Waals surface area contributed by atoms with Gasteiger partial charge in [-0.25, -0.2) is 4.39 Å². The number of aromatic hydroxyl groups is 1. The molecule has 0 aromatic heterocycles. The first-order valence-electron chi connectivity index (χ1n) is 12.2. The number of carbonyl (C=O) groups is 1. The van der Waals surface area contributed by atoms with E-state index in [0.717, 1.165) is 28.4 Å². The molecular weight excluding hydrogens is 541 g/mol. The fourth-order valence-electron chi connectivity index (χ4n) is 4.93. The van der Waals surface area contributed by atoms with E-state index in [4.69, 9.17) is 14.2 Å². The van der Waals surface area contributed by atoms with Crippen LogP contribution in [0.4, 0.5) is 4.39 Å². The van der Waals surface area contributed by atoms with Gasteiger partial charge in [-0.1, -0.05) is 34.1 Å². The predicted molar refractivity (Wildman–Crippen MR) is 143 cm³/mol. The number of amides is 1. The van der Waals surface area contributed by atoms with Gasteiger partial charge in [0.05, 0.1) is 14.2 Å². The molecule has 1 aliphatic heterocycles. The molecule has 196 valence electrons. The monoisotopic (exact) mass is 571 g/mol. The Morgan fingerprint density at radius 1 is 1.05 bits per heavy atom. The van der Waals surface area contributed by atoms with Gasteiger partial charge >= 0.3 is 0 Å². The summed E-state index contributed by atoms with van der Waals surface area (Å²) in [5.41, 5.74) is 2.06. The average molecular weight is 572 g/mol. The lowest BCUT2D eigenvalue weighted by Crippen LogP contribution is -2.44. The van der Waals surface area contributed by atoms with Gasteiger partial charge in [0, 0.05) is 47.5 Å². The Morgan fingerprint density at radius 3 is 2.43 bits per heavy atom. The van der Waals surface area contributed by atoms with E-state index in [2.05, 4.69) is 21.2 Å². The van der Waals surface area contributed by atoms with Crippen LogP contribution in [0.25, 0.3) is 0 Å². The number of hydrogen-bond donors (Lipinski definition) is 2. The molecule has 37 heavy (non-hydrogen) atoms. The maximum absolute atomic E-state index is 13.6. The quantitative estimate of drug-likeness (QED) is 0.344. The van der Waals surface area contributed by atoms with E-state index in [1.807, 2.05) is 18.2 Å². The summed E-state index contributed by atoms with van der Waals surface area (Å²) in [5, 5.41) is 13.7. The zero-order valence-corrected chi connectivity index (χ0v) is 22.5. The molecule has 0 aliphatic carbocycles. The summed E-state index contributed by atoms with van der Waals surface area (Å²) in [7, 11) is 3.20. The number of phenolic OH excluding ortho intramolecular Hbond substituents is 1. The van der Waals surface area contributed by atoms with Crippen molar-refractivity contribution >= 4 is 21.8 Å². The van der Waals surface area contributed by atoms with Gasteiger partial charge in [0.25, 0.3) is 0 Å². The maximum atomic E-state index is 13.6. The number of ether oxygens (including phenoxy) is 3. The van der Waals surface area contributed by atoms with Crippen molar-refractivity contribution in [2.45, 2.75) is 30.6 Å². The number of hydrogen-bond acceptors (Lipinski definition) is 5. The highest BCUT2D eigenvalue weighted by molar-refractivity contribution is 9.10. The van der Waals surface area contributed by atoms with Gasteiger partial charge in [0.1, 0.15) is 11.6 Å². The molecule has 0 spiro atoms. The second kappa shape index (κ2) is 12.0. The van der Waals surface area contributed by atoms with Crippen LogP contribution in [0.15, 0.2) is 65.1 Å². The van der Waals surface area contributed by atoms with E-state index in [0.29, 0.717) is 36.8 Å². The predicted octanol–water partition coefficient (Wildman–Crippen LogP) is 5.70. The van der Waals surface area contributed by atoms with Crippen LogP contribution in [0.5, 0.6) is 17.2 Å². The molecule has 1 atom stereocenters. The third kappa shape index (κ3) is 6.25. The normalized spacial score (nSPS) is 15.6. The second-order valence-corrected chi connectivity index (χ2v) is 10.2. The van der Waals surface area contributed by atoms with E-state index in [-0.39, 0.29) is 29.3 Å². The standard InChI is InChI=1S/C29H31BrFNO5/c1-35-26-10-5-20(15-27(26)36-2)29(11-13-37-14-12-29)18-32-28(34)17-23(19-3-7-22(31)8-4-19)24-16-21(30)6-9-25(24)33/h3-10,15-16,23,33H,11-14,17-18H2,1-2H3,(H,32,34). The minimum absolute atomic E-state index is 0.0801. The Hall–Kier alpha value is -3.10. The van der Waals surface area contributed by atoms with Crippen LogP contribution in [0.3, 0.4) is 0 Å². The van der Waals surface area contributed by atoms with Crippen molar-refractivity contribution in [2.24, 2.45) is 0 Å². The van der Waals surface area contributed by atoms with Crippen LogP contribution in [0.1, 0.15) is 41.9 Å². The summed E-state index contributed by atoms with van der Waals surface area (Å²) < 4.78 is 31.0.